The Morgan fingerprint density at radius 2 is 0.769 bits per heavy atom. The number of ether oxygens (including phenoxy) is 1. The molecule has 1 heterocycles. The molecule has 0 aromatic heterocycles. The van der Waals surface area contributed by atoms with Gasteiger partial charge in [-0.1, -0.05) is 70.8 Å². The van der Waals surface area contributed by atoms with Crippen molar-refractivity contribution >= 4 is 46.4 Å². The summed E-state index contributed by atoms with van der Waals surface area (Å²) in [6, 6.07) is 21.1. The highest BCUT2D eigenvalue weighted by atomic mass is 32.2. The number of esters is 1. The van der Waals surface area contributed by atoms with E-state index in [-0.39, 0.29) is 4.90 Å². The first-order chi connectivity index (χ1) is 24.3. The number of hydrogen-bond donors (Lipinski definition) is 0. The molecule has 18 heteroatoms. The average Bonchev–Trinajstić information content (AvgIpc) is 3.07. The van der Waals surface area contributed by atoms with E-state index in [1.165, 1.54) is 97.1 Å². The molecule has 4 unspecified atom stereocenters. The Balaban J connectivity index is 1.61. The van der Waals surface area contributed by atoms with Gasteiger partial charge in [-0.05, 0) is 76.2 Å². The molecule has 4 aromatic rings. The number of carbonyl (C=O) groups excluding carboxylic acids is 1. The van der Waals surface area contributed by atoms with Crippen molar-refractivity contribution in [2.45, 2.75) is 71.7 Å². The zero-order chi connectivity index (χ0) is 38.1. The van der Waals surface area contributed by atoms with Gasteiger partial charge in [-0.3, -0.25) is 12.5 Å². The van der Waals surface area contributed by atoms with Gasteiger partial charge in [0.2, 0.25) is 6.10 Å². The van der Waals surface area contributed by atoms with Crippen molar-refractivity contribution < 1.29 is 59.9 Å². The lowest BCUT2D eigenvalue weighted by Crippen LogP contribution is -2.61. The third kappa shape index (κ3) is 9.13. The second kappa shape index (κ2) is 15.2. The first-order valence-corrected chi connectivity index (χ1v) is 21.1. The van der Waals surface area contributed by atoms with E-state index in [0.29, 0.717) is 16.7 Å². The topological polar surface area (TPSA) is 200 Å². The molecule has 0 bridgehead atoms. The van der Waals surface area contributed by atoms with Gasteiger partial charge in [0, 0.05) is 0 Å². The highest BCUT2D eigenvalue weighted by molar-refractivity contribution is 7.87. The molecule has 0 saturated carbocycles. The van der Waals surface area contributed by atoms with Gasteiger partial charge >= 0.3 is 5.97 Å². The van der Waals surface area contributed by atoms with Crippen molar-refractivity contribution in [1.29, 1.82) is 0 Å². The van der Waals surface area contributed by atoms with Crippen LogP contribution >= 0.6 is 0 Å². The fraction of sp³-hybridized carbons (Fsp3) is 0.265. The summed E-state index contributed by atoms with van der Waals surface area (Å²) in [7, 11) is -19.3. The van der Waals surface area contributed by atoms with Crippen LogP contribution in [0.15, 0.2) is 117 Å². The standard InChI is InChI=1S/C34H34O14S4/c1-22-5-13-26(14-6-22)49(36,37)44-21-30-31(46-50(38,39)27-15-7-23(2)8-16-27)32(47-51(40,41)28-17-9-24(3)10-18-28)33(34(35)45-30)48-52(42,43)29-19-11-25(4)12-20-29/h5-20,30-33H,21H2,1-4H3. The number of hydrogen-bond acceptors (Lipinski definition) is 14. The molecular weight excluding hydrogens is 761 g/mol. The van der Waals surface area contributed by atoms with E-state index in [1.807, 2.05) is 0 Å². The molecule has 5 rings (SSSR count). The highest BCUT2D eigenvalue weighted by Crippen LogP contribution is 2.33. The van der Waals surface area contributed by atoms with E-state index >= 15 is 0 Å². The number of benzene rings is 4. The van der Waals surface area contributed by atoms with Crippen molar-refractivity contribution in [1.82, 2.24) is 0 Å². The summed E-state index contributed by atoms with van der Waals surface area (Å²) in [5.41, 5.74) is 2.76. The van der Waals surface area contributed by atoms with E-state index in [9.17, 15) is 38.5 Å². The molecule has 0 aliphatic carbocycles. The minimum absolute atomic E-state index is 0.301. The molecule has 14 nitrogen and oxygen atoms in total. The number of carbonyl (C=O) groups is 1. The second-order valence-electron chi connectivity index (χ2n) is 12.0. The maximum absolute atomic E-state index is 13.7. The van der Waals surface area contributed by atoms with E-state index in [2.05, 4.69) is 0 Å². The minimum atomic E-state index is -4.95. The third-order valence-electron chi connectivity index (χ3n) is 7.82. The van der Waals surface area contributed by atoms with E-state index in [0.717, 1.165) is 5.56 Å². The molecule has 1 fully saturated rings. The van der Waals surface area contributed by atoms with Crippen LogP contribution in [0.5, 0.6) is 0 Å². The average molecular weight is 795 g/mol. The van der Waals surface area contributed by atoms with Gasteiger partial charge in [0.05, 0.1) is 19.6 Å². The van der Waals surface area contributed by atoms with Crippen molar-refractivity contribution in [3.63, 3.8) is 0 Å². The normalized spacial score (nSPS) is 20.0. The van der Waals surface area contributed by atoms with Crippen LogP contribution in [0.2, 0.25) is 0 Å². The predicted molar refractivity (Wildman–Crippen MR) is 184 cm³/mol. The molecule has 4 atom stereocenters. The van der Waals surface area contributed by atoms with Crippen molar-refractivity contribution in [3.05, 3.63) is 119 Å². The quantitative estimate of drug-likeness (QED) is 0.140. The maximum Gasteiger partial charge on any atom is 0.340 e. The lowest BCUT2D eigenvalue weighted by atomic mass is 10.0. The molecule has 0 radical (unpaired) electrons. The third-order valence-corrected chi connectivity index (χ3v) is 13.1. The first kappa shape index (κ1) is 39.2. The summed E-state index contributed by atoms with van der Waals surface area (Å²) in [4.78, 5) is 12.0. The molecule has 1 aliphatic rings. The van der Waals surface area contributed by atoms with Crippen LogP contribution in [0.4, 0.5) is 0 Å². The predicted octanol–water partition coefficient (Wildman–Crippen LogP) is 3.87. The Kier molecular flexibility index (Phi) is 11.4. The Hall–Kier alpha value is -4.01. The fourth-order valence-corrected chi connectivity index (χ4v) is 9.04. The Bertz CT molecular complexity index is 2360. The van der Waals surface area contributed by atoms with Crippen LogP contribution in [0, 0.1) is 27.7 Å². The Labute approximate surface area is 302 Å². The smallest absolute Gasteiger partial charge is 0.340 e. The van der Waals surface area contributed by atoms with Crippen LogP contribution < -0.4 is 0 Å². The molecule has 278 valence electrons. The summed E-state index contributed by atoms with van der Waals surface area (Å²) in [5.74, 6) is -1.55. The summed E-state index contributed by atoms with van der Waals surface area (Å²) in [6.07, 6.45) is -9.19. The summed E-state index contributed by atoms with van der Waals surface area (Å²) in [6.45, 7) is 5.67. The minimum Gasteiger partial charge on any atom is -0.455 e. The van der Waals surface area contributed by atoms with Gasteiger partial charge in [0.1, 0.15) is 18.8 Å². The van der Waals surface area contributed by atoms with Gasteiger partial charge in [0.25, 0.3) is 40.5 Å². The van der Waals surface area contributed by atoms with Crippen molar-refractivity contribution in [2.24, 2.45) is 0 Å². The van der Waals surface area contributed by atoms with Gasteiger partial charge in [-0.25, -0.2) is 8.98 Å². The lowest BCUT2D eigenvalue weighted by molar-refractivity contribution is -0.193. The number of cyclic esters (lactones) is 1. The summed E-state index contributed by atoms with van der Waals surface area (Å²) >= 11 is 0. The molecule has 0 N–H and O–H groups in total. The summed E-state index contributed by atoms with van der Waals surface area (Å²) < 4.78 is 135. The lowest BCUT2D eigenvalue weighted by Gasteiger charge is -2.39. The molecule has 52 heavy (non-hydrogen) atoms. The molecule has 1 saturated heterocycles. The second-order valence-corrected chi connectivity index (χ2v) is 18.3. The molecule has 0 amide bonds. The fourth-order valence-electron chi connectivity index (χ4n) is 4.89. The van der Waals surface area contributed by atoms with E-state index in [1.54, 1.807) is 27.7 Å². The Morgan fingerprint density at radius 3 is 1.13 bits per heavy atom. The molecule has 4 aromatic carbocycles. The first-order valence-electron chi connectivity index (χ1n) is 15.4. The van der Waals surface area contributed by atoms with Crippen LogP contribution in [0.1, 0.15) is 22.3 Å². The summed E-state index contributed by atoms with van der Waals surface area (Å²) in [5, 5.41) is 0. The monoisotopic (exact) mass is 794 g/mol. The molecular formula is C34H34O14S4. The SMILES string of the molecule is Cc1ccc(S(=O)(=O)OCC2OC(=O)C(OS(=O)(=O)c3ccc(C)cc3)C(OS(=O)(=O)c3ccc(C)cc3)C2OS(=O)(=O)c2ccc(C)cc2)cc1. The van der Waals surface area contributed by atoms with Crippen LogP contribution in [0.25, 0.3) is 0 Å². The molecule has 0 spiro atoms. The van der Waals surface area contributed by atoms with Gasteiger partial charge in [0.15, 0.2) is 6.10 Å². The van der Waals surface area contributed by atoms with E-state index < -0.39 is 92.2 Å². The highest BCUT2D eigenvalue weighted by Gasteiger charge is 2.54. The largest absolute Gasteiger partial charge is 0.455 e. The maximum atomic E-state index is 13.7. The van der Waals surface area contributed by atoms with Crippen LogP contribution in [-0.2, 0) is 66.7 Å². The zero-order valence-electron chi connectivity index (χ0n) is 28.1. The molecule has 1 aliphatic heterocycles. The zero-order valence-corrected chi connectivity index (χ0v) is 31.4. The van der Waals surface area contributed by atoms with Crippen molar-refractivity contribution in [2.75, 3.05) is 6.61 Å². The van der Waals surface area contributed by atoms with Crippen LogP contribution in [-0.4, -0.2) is 70.7 Å². The van der Waals surface area contributed by atoms with Gasteiger partial charge in [-0.15, -0.1) is 0 Å². The Morgan fingerprint density at radius 1 is 0.462 bits per heavy atom. The van der Waals surface area contributed by atoms with Crippen molar-refractivity contribution in [3.8, 4) is 0 Å². The number of rotatable bonds is 13. The van der Waals surface area contributed by atoms with Gasteiger partial charge in [-0.2, -0.15) is 33.7 Å². The van der Waals surface area contributed by atoms with Gasteiger partial charge < -0.3 is 4.74 Å². The van der Waals surface area contributed by atoms with Crippen LogP contribution in [0.3, 0.4) is 0 Å². The number of aryl methyl sites for hydroxylation is 4. The van der Waals surface area contributed by atoms with E-state index in [4.69, 9.17) is 21.5 Å².